The van der Waals surface area contributed by atoms with E-state index >= 15 is 0 Å². The van der Waals surface area contributed by atoms with Crippen molar-refractivity contribution in [3.8, 4) is 0 Å². The molecule has 1 aliphatic heterocycles. The lowest BCUT2D eigenvalue weighted by Gasteiger charge is -2.35. The van der Waals surface area contributed by atoms with Crippen molar-refractivity contribution in [2.24, 2.45) is 0 Å². The summed E-state index contributed by atoms with van der Waals surface area (Å²) in [5, 5.41) is 0. The lowest BCUT2D eigenvalue weighted by Crippen LogP contribution is -2.50. The molecule has 0 unspecified atom stereocenters. The van der Waals surface area contributed by atoms with Gasteiger partial charge in [-0.25, -0.2) is 0 Å². The molecule has 3 rings (SSSR count). The number of carbonyl (C=O) groups excluding carboxylic acids is 3. The minimum absolute atomic E-state index is 0.0735. The van der Waals surface area contributed by atoms with Gasteiger partial charge in [-0.05, 0) is 49.7 Å². The molecular weight excluding hydrogens is 421 g/mol. The van der Waals surface area contributed by atoms with E-state index in [9.17, 15) is 27.6 Å². The summed E-state index contributed by atoms with van der Waals surface area (Å²) in [4.78, 5) is 40.7. The SMILES string of the molecule is Cc1ccc(C)c(C(=O)CCC(=O)N2CCN(C(=O)c3ccc(C(F)(F)F)cc3)CC2)c1. The predicted molar refractivity (Wildman–Crippen MR) is 113 cm³/mol. The van der Waals surface area contributed by atoms with Gasteiger partial charge in [0.15, 0.2) is 5.78 Å². The maximum absolute atomic E-state index is 12.7. The Morgan fingerprint density at radius 2 is 1.44 bits per heavy atom. The highest BCUT2D eigenvalue weighted by molar-refractivity contribution is 5.99. The van der Waals surface area contributed by atoms with Crippen molar-refractivity contribution < 1.29 is 27.6 Å². The van der Waals surface area contributed by atoms with Gasteiger partial charge >= 0.3 is 6.18 Å². The molecule has 0 aliphatic carbocycles. The van der Waals surface area contributed by atoms with Crippen LogP contribution in [0, 0.1) is 13.8 Å². The fourth-order valence-electron chi connectivity index (χ4n) is 3.69. The Hall–Kier alpha value is -3.16. The second-order valence-corrected chi connectivity index (χ2v) is 7.99. The molecule has 0 aromatic heterocycles. The topological polar surface area (TPSA) is 57.7 Å². The first-order valence-electron chi connectivity index (χ1n) is 10.4. The first-order valence-corrected chi connectivity index (χ1v) is 10.4. The summed E-state index contributed by atoms with van der Waals surface area (Å²) in [6.45, 7) is 4.99. The van der Waals surface area contributed by atoms with E-state index in [4.69, 9.17) is 0 Å². The maximum atomic E-state index is 12.7. The molecular formula is C24H25F3N2O3. The largest absolute Gasteiger partial charge is 0.416 e. The Balaban J connectivity index is 1.50. The van der Waals surface area contributed by atoms with E-state index in [0.29, 0.717) is 18.7 Å². The van der Waals surface area contributed by atoms with Crippen LogP contribution in [0.25, 0.3) is 0 Å². The molecule has 2 amide bonds. The Bertz CT molecular complexity index is 1010. The van der Waals surface area contributed by atoms with Crippen molar-refractivity contribution in [2.75, 3.05) is 26.2 Å². The minimum Gasteiger partial charge on any atom is -0.339 e. The number of alkyl halides is 3. The zero-order chi connectivity index (χ0) is 23.5. The zero-order valence-corrected chi connectivity index (χ0v) is 18.0. The molecule has 2 aromatic rings. The number of amides is 2. The second-order valence-electron chi connectivity index (χ2n) is 7.99. The van der Waals surface area contributed by atoms with Crippen LogP contribution in [0.4, 0.5) is 13.2 Å². The average molecular weight is 446 g/mol. The lowest BCUT2D eigenvalue weighted by atomic mass is 9.99. The molecule has 1 saturated heterocycles. The highest BCUT2D eigenvalue weighted by Gasteiger charge is 2.31. The minimum atomic E-state index is -4.45. The van der Waals surface area contributed by atoms with Crippen LogP contribution in [0.2, 0.25) is 0 Å². The molecule has 0 spiro atoms. The third kappa shape index (κ3) is 5.55. The summed E-state index contributed by atoms with van der Waals surface area (Å²) in [5.74, 6) is -0.586. The van der Waals surface area contributed by atoms with Gasteiger partial charge in [0.2, 0.25) is 5.91 Å². The lowest BCUT2D eigenvalue weighted by molar-refractivity contribution is -0.137. The van der Waals surface area contributed by atoms with Gasteiger partial charge in [-0.2, -0.15) is 13.2 Å². The standard InChI is InChI=1S/C24H25F3N2O3/c1-16-3-4-17(2)20(15-16)21(30)9-10-22(31)28-11-13-29(14-12-28)23(32)18-5-7-19(8-6-18)24(25,26)27/h3-8,15H,9-14H2,1-2H3. The Labute approximate surface area is 184 Å². The fourth-order valence-corrected chi connectivity index (χ4v) is 3.69. The van der Waals surface area contributed by atoms with Crippen molar-refractivity contribution in [3.63, 3.8) is 0 Å². The monoisotopic (exact) mass is 446 g/mol. The van der Waals surface area contributed by atoms with Crippen molar-refractivity contribution in [1.82, 2.24) is 9.80 Å². The average Bonchev–Trinajstić information content (AvgIpc) is 2.78. The van der Waals surface area contributed by atoms with E-state index in [1.54, 1.807) is 4.90 Å². The molecule has 0 radical (unpaired) electrons. The number of hydrogen-bond acceptors (Lipinski definition) is 3. The van der Waals surface area contributed by atoms with Gasteiger partial charge in [0.1, 0.15) is 0 Å². The first-order chi connectivity index (χ1) is 15.1. The quantitative estimate of drug-likeness (QED) is 0.645. The number of benzene rings is 2. The van der Waals surface area contributed by atoms with Gasteiger partial charge in [0.25, 0.3) is 5.91 Å². The van der Waals surface area contributed by atoms with Crippen LogP contribution in [0.15, 0.2) is 42.5 Å². The Kier molecular flexibility index (Phi) is 7.01. The van der Waals surface area contributed by atoms with Gasteiger partial charge in [0.05, 0.1) is 5.56 Å². The maximum Gasteiger partial charge on any atom is 0.416 e. The number of Topliss-reactive ketones (excluding diaryl/α,β-unsaturated/α-hetero) is 1. The van der Waals surface area contributed by atoms with Crippen LogP contribution in [0.5, 0.6) is 0 Å². The number of hydrogen-bond donors (Lipinski definition) is 0. The van der Waals surface area contributed by atoms with E-state index < -0.39 is 11.7 Å². The van der Waals surface area contributed by atoms with Crippen molar-refractivity contribution in [3.05, 3.63) is 70.3 Å². The van der Waals surface area contributed by atoms with Crippen molar-refractivity contribution >= 4 is 17.6 Å². The van der Waals surface area contributed by atoms with Crippen molar-refractivity contribution in [2.45, 2.75) is 32.9 Å². The first kappa shape index (κ1) is 23.5. The summed E-state index contributed by atoms with van der Waals surface area (Å²) in [5.41, 5.74) is 1.86. The van der Waals surface area contributed by atoms with Crippen LogP contribution in [-0.2, 0) is 11.0 Å². The highest BCUT2D eigenvalue weighted by atomic mass is 19.4. The van der Waals surface area contributed by atoms with Crippen LogP contribution in [0.1, 0.15) is 50.2 Å². The number of ketones is 1. The molecule has 0 saturated carbocycles. The number of aryl methyl sites for hydroxylation is 2. The van der Waals surface area contributed by atoms with E-state index in [2.05, 4.69) is 0 Å². The number of carbonyl (C=O) groups is 3. The molecule has 1 fully saturated rings. The van der Waals surface area contributed by atoms with E-state index in [1.165, 1.54) is 17.0 Å². The highest BCUT2D eigenvalue weighted by Crippen LogP contribution is 2.29. The molecule has 32 heavy (non-hydrogen) atoms. The zero-order valence-electron chi connectivity index (χ0n) is 18.0. The van der Waals surface area contributed by atoms with Crippen molar-refractivity contribution in [1.29, 1.82) is 0 Å². The Morgan fingerprint density at radius 3 is 2.03 bits per heavy atom. The number of piperazine rings is 1. The van der Waals surface area contributed by atoms with Gasteiger partial charge in [-0.1, -0.05) is 17.7 Å². The van der Waals surface area contributed by atoms with Gasteiger partial charge in [-0.15, -0.1) is 0 Å². The smallest absolute Gasteiger partial charge is 0.339 e. The van der Waals surface area contributed by atoms with E-state index in [0.717, 1.165) is 23.3 Å². The summed E-state index contributed by atoms with van der Waals surface area (Å²) in [6, 6.07) is 9.76. The van der Waals surface area contributed by atoms with Crippen LogP contribution in [0.3, 0.4) is 0 Å². The normalized spacial score (nSPS) is 14.4. The summed E-state index contributed by atoms with van der Waals surface area (Å²) in [7, 11) is 0. The number of halogens is 3. The molecule has 2 aromatic carbocycles. The molecule has 0 N–H and O–H groups in total. The second kappa shape index (κ2) is 9.54. The number of nitrogens with zero attached hydrogens (tertiary/aromatic N) is 2. The van der Waals surface area contributed by atoms with E-state index in [-0.39, 0.29) is 49.1 Å². The summed E-state index contributed by atoms with van der Waals surface area (Å²) >= 11 is 0. The molecule has 0 bridgehead atoms. The summed E-state index contributed by atoms with van der Waals surface area (Å²) < 4.78 is 38.1. The molecule has 1 heterocycles. The fraction of sp³-hybridized carbons (Fsp3) is 0.375. The third-order valence-electron chi connectivity index (χ3n) is 5.64. The van der Waals surface area contributed by atoms with Crippen LogP contribution >= 0.6 is 0 Å². The van der Waals surface area contributed by atoms with E-state index in [1.807, 2.05) is 32.0 Å². The molecule has 0 atom stereocenters. The van der Waals surface area contributed by atoms with Gasteiger partial charge < -0.3 is 9.80 Å². The molecule has 5 nitrogen and oxygen atoms in total. The van der Waals surface area contributed by atoms with Gasteiger partial charge in [-0.3, -0.25) is 14.4 Å². The Morgan fingerprint density at radius 1 is 0.844 bits per heavy atom. The third-order valence-corrected chi connectivity index (χ3v) is 5.64. The predicted octanol–water partition coefficient (Wildman–Crippen LogP) is 4.27. The van der Waals surface area contributed by atoms with Crippen LogP contribution in [-0.4, -0.2) is 53.6 Å². The number of rotatable bonds is 5. The molecule has 170 valence electrons. The van der Waals surface area contributed by atoms with Gasteiger partial charge in [0, 0.05) is 50.1 Å². The van der Waals surface area contributed by atoms with Crippen LogP contribution < -0.4 is 0 Å². The molecule has 1 aliphatic rings. The molecule has 8 heteroatoms. The summed E-state index contributed by atoms with van der Waals surface area (Å²) in [6.07, 6.45) is -4.24.